The van der Waals surface area contributed by atoms with Gasteiger partial charge < -0.3 is 5.32 Å². The summed E-state index contributed by atoms with van der Waals surface area (Å²) in [7, 11) is 0. The molecule has 1 aromatic rings. The second kappa shape index (κ2) is 7.39. The molecule has 108 valence electrons. The van der Waals surface area contributed by atoms with E-state index in [0.29, 0.717) is 5.92 Å². The fraction of sp³-hybridized carbons (Fsp3) is 0.625. The van der Waals surface area contributed by atoms with E-state index < -0.39 is 0 Å². The van der Waals surface area contributed by atoms with Crippen molar-refractivity contribution in [2.24, 2.45) is 11.3 Å². The van der Waals surface area contributed by atoms with Crippen molar-refractivity contribution in [3.05, 3.63) is 34.1 Å². The summed E-state index contributed by atoms with van der Waals surface area (Å²) < 4.78 is 14.3. The summed E-state index contributed by atoms with van der Waals surface area (Å²) in [5.41, 5.74) is 1.21. The van der Waals surface area contributed by atoms with E-state index in [4.69, 9.17) is 0 Å². The van der Waals surface area contributed by atoms with Gasteiger partial charge in [0.05, 0.1) is 0 Å². The maximum atomic E-state index is 13.3. The van der Waals surface area contributed by atoms with Gasteiger partial charge in [-0.3, -0.25) is 0 Å². The summed E-state index contributed by atoms with van der Waals surface area (Å²) >= 11 is 3.52. The molecule has 0 radical (unpaired) electrons. The molecule has 0 aliphatic rings. The minimum absolute atomic E-state index is 0.158. The van der Waals surface area contributed by atoms with Crippen molar-refractivity contribution in [3.8, 4) is 0 Å². The number of hydrogen-bond acceptors (Lipinski definition) is 1. The van der Waals surface area contributed by atoms with Crippen LogP contribution in [0.2, 0.25) is 0 Å². The minimum atomic E-state index is -0.160. The number of rotatable bonds is 7. The van der Waals surface area contributed by atoms with E-state index in [9.17, 15) is 4.39 Å². The van der Waals surface area contributed by atoms with Crippen LogP contribution in [0.25, 0.3) is 0 Å². The molecule has 1 atom stereocenters. The van der Waals surface area contributed by atoms with Crippen molar-refractivity contribution < 1.29 is 4.39 Å². The van der Waals surface area contributed by atoms with Gasteiger partial charge in [-0.05, 0) is 54.5 Å². The van der Waals surface area contributed by atoms with Crippen molar-refractivity contribution in [2.75, 3.05) is 13.1 Å². The van der Waals surface area contributed by atoms with Crippen molar-refractivity contribution in [1.82, 2.24) is 5.32 Å². The van der Waals surface area contributed by atoms with Gasteiger partial charge in [0.15, 0.2) is 0 Å². The summed E-state index contributed by atoms with van der Waals surface area (Å²) in [6.45, 7) is 10.9. The van der Waals surface area contributed by atoms with Crippen LogP contribution in [0.15, 0.2) is 22.7 Å². The molecule has 1 aromatic carbocycles. The first-order valence-electron chi connectivity index (χ1n) is 7.01. The lowest BCUT2D eigenvalue weighted by molar-refractivity contribution is 0.284. The van der Waals surface area contributed by atoms with Crippen molar-refractivity contribution in [2.45, 2.75) is 40.5 Å². The molecule has 1 N–H and O–H groups in total. The van der Waals surface area contributed by atoms with Gasteiger partial charge in [0.1, 0.15) is 5.82 Å². The second-order valence-electron chi connectivity index (χ2n) is 6.10. The predicted octanol–water partition coefficient (Wildman–Crippen LogP) is 4.79. The van der Waals surface area contributed by atoms with E-state index >= 15 is 0 Å². The summed E-state index contributed by atoms with van der Waals surface area (Å²) in [6, 6.07) is 4.93. The molecule has 0 spiro atoms. The Morgan fingerprint density at radius 1 is 1.37 bits per heavy atom. The smallest absolute Gasteiger partial charge is 0.123 e. The van der Waals surface area contributed by atoms with Crippen molar-refractivity contribution in [3.63, 3.8) is 0 Å². The third kappa shape index (κ3) is 5.62. The van der Waals surface area contributed by atoms with Gasteiger partial charge in [-0.25, -0.2) is 4.39 Å². The molecule has 0 aromatic heterocycles. The lowest BCUT2D eigenvalue weighted by atomic mass is 9.81. The van der Waals surface area contributed by atoms with Gasteiger partial charge in [0.2, 0.25) is 0 Å². The maximum Gasteiger partial charge on any atom is 0.123 e. The van der Waals surface area contributed by atoms with Crippen LogP contribution in [0.3, 0.4) is 0 Å². The van der Waals surface area contributed by atoms with E-state index in [0.717, 1.165) is 36.0 Å². The summed E-state index contributed by atoms with van der Waals surface area (Å²) in [5.74, 6) is 0.494. The first-order chi connectivity index (χ1) is 8.86. The molecule has 1 rings (SSSR count). The highest BCUT2D eigenvalue weighted by molar-refractivity contribution is 9.10. The van der Waals surface area contributed by atoms with E-state index in [1.807, 2.05) is 0 Å². The molecule has 3 heteroatoms. The summed E-state index contributed by atoms with van der Waals surface area (Å²) in [6.07, 6.45) is 1.95. The summed E-state index contributed by atoms with van der Waals surface area (Å²) in [5, 5.41) is 3.52. The Hall–Kier alpha value is -0.410. The monoisotopic (exact) mass is 329 g/mol. The zero-order chi connectivity index (χ0) is 14.5. The molecule has 0 amide bonds. The van der Waals surface area contributed by atoms with Gasteiger partial charge in [-0.2, -0.15) is 0 Å². The molecule has 0 aliphatic heterocycles. The molecule has 0 saturated carbocycles. The zero-order valence-electron chi connectivity index (χ0n) is 12.4. The quantitative estimate of drug-likeness (QED) is 0.758. The van der Waals surface area contributed by atoms with Crippen LogP contribution in [-0.4, -0.2) is 13.1 Å². The average Bonchev–Trinajstić information content (AvgIpc) is 2.33. The van der Waals surface area contributed by atoms with Crippen LogP contribution in [0.1, 0.15) is 39.7 Å². The third-order valence-corrected chi connectivity index (χ3v) is 4.36. The summed E-state index contributed by atoms with van der Waals surface area (Å²) in [4.78, 5) is 0. The molecule has 19 heavy (non-hydrogen) atoms. The highest BCUT2D eigenvalue weighted by Crippen LogP contribution is 2.30. The normalized spacial score (nSPS) is 14.7. The van der Waals surface area contributed by atoms with Crippen LogP contribution in [0.5, 0.6) is 0 Å². The third-order valence-electron chi connectivity index (χ3n) is 3.58. The first-order valence-corrected chi connectivity index (χ1v) is 7.80. The van der Waals surface area contributed by atoms with E-state index in [-0.39, 0.29) is 11.2 Å². The molecule has 1 nitrogen and oxygen atoms in total. The van der Waals surface area contributed by atoms with Crippen molar-refractivity contribution in [1.29, 1.82) is 0 Å². The number of hydrogen-bond donors (Lipinski definition) is 1. The van der Waals surface area contributed by atoms with Crippen LogP contribution in [0.4, 0.5) is 4.39 Å². The lowest BCUT2D eigenvalue weighted by Gasteiger charge is -2.29. The highest BCUT2D eigenvalue weighted by atomic mass is 79.9. The van der Waals surface area contributed by atoms with Gasteiger partial charge >= 0.3 is 0 Å². The van der Waals surface area contributed by atoms with E-state index in [1.165, 1.54) is 6.07 Å². The Labute approximate surface area is 125 Å². The van der Waals surface area contributed by atoms with Gasteiger partial charge in [-0.1, -0.05) is 43.6 Å². The number of benzene rings is 1. The van der Waals surface area contributed by atoms with Crippen LogP contribution < -0.4 is 5.32 Å². The minimum Gasteiger partial charge on any atom is -0.316 e. The maximum absolute atomic E-state index is 13.3. The van der Waals surface area contributed by atoms with Crippen molar-refractivity contribution >= 4 is 15.9 Å². The van der Waals surface area contributed by atoms with Gasteiger partial charge in [-0.15, -0.1) is 0 Å². The predicted molar refractivity (Wildman–Crippen MR) is 83.9 cm³/mol. The van der Waals surface area contributed by atoms with Gasteiger partial charge in [0.25, 0.3) is 0 Å². The molecule has 1 unspecified atom stereocenters. The molecule has 0 saturated heterocycles. The molecular formula is C16H25BrFN. The average molecular weight is 330 g/mol. The Bertz CT molecular complexity index is 406. The van der Waals surface area contributed by atoms with Gasteiger partial charge in [0, 0.05) is 11.0 Å². The lowest BCUT2D eigenvalue weighted by Crippen LogP contribution is -2.35. The Morgan fingerprint density at radius 2 is 2.05 bits per heavy atom. The first kappa shape index (κ1) is 16.6. The van der Waals surface area contributed by atoms with Crippen LogP contribution in [0, 0.1) is 17.2 Å². The largest absolute Gasteiger partial charge is 0.316 e. The Morgan fingerprint density at radius 3 is 2.63 bits per heavy atom. The zero-order valence-corrected chi connectivity index (χ0v) is 14.0. The molecule has 0 bridgehead atoms. The standard InChI is InChI=1S/C16H25BrFN/c1-5-16(4,11-19-10-12(2)3)9-13-8-14(18)6-7-15(13)17/h6-8,12,19H,5,9-11H2,1-4H3. The van der Waals surface area contributed by atoms with E-state index in [1.54, 1.807) is 12.1 Å². The Balaban J connectivity index is 2.71. The topological polar surface area (TPSA) is 12.0 Å². The highest BCUT2D eigenvalue weighted by Gasteiger charge is 2.23. The molecule has 0 heterocycles. The fourth-order valence-corrected chi connectivity index (χ4v) is 2.50. The number of halogens is 2. The second-order valence-corrected chi connectivity index (χ2v) is 6.96. The molecule has 0 fully saturated rings. The van der Waals surface area contributed by atoms with Crippen LogP contribution in [-0.2, 0) is 6.42 Å². The fourth-order valence-electron chi connectivity index (χ4n) is 2.11. The van der Waals surface area contributed by atoms with Crippen LogP contribution >= 0.6 is 15.9 Å². The number of nitrogens with one attached hydrogen (secondary N) is 1. The Kier molecular flexibility index (Phi) is 6.48. The molecule has 0 aliphatic carbocycles. The van der Waals surface area contributed by atoms with E-state index in [2.05, 4.69) is 48.9 Å². The SMILES string of the molecule is CCC(C)(CNCC(C)C)Cc1cc(F)ccc1Br. The molecular weight excluding hydrogens is 305 g/mol.